The maximum absolute atomic E-state index is 6.21. The Labute approximate surface area is 168 Å². The molecular formula is C23H17ClN4. The molecule has 4 nitrogen and oxygen atoms in total. The first-order valence-electron chi connectivity index (χ1n) is 9.07. The Bertz CT molecular complexity index is 1150. The van der Waals surface area contributed by atoms with Crippen molar-refractivity contribution in [2.45, 2.75) is 6.04 Å². The minimum Gasteiger partial charge on any atom is -0.324 e. The summed E-state index contributed by atoms with van der Waals surface area (Å²) in [4.78, 5) is 4.36. The molecule has 1 aromatic heterocycles. The highest BCUT2D eigenvalue weighted by Crippen LogP contribution is 2.33. The minimum absolute atomic E-state index is 0.0683. The van der Waals surface area contributed by atoms with E-state index >= 15 is 0 Å². The van der Waals surface area contributed by atoms with Gasteiger partial charge in [0, 0.05) is 10.7 Å². The number of hydrogen-bond acceptors (Lipinski definition) is 3. The van der Waals surface area contributed by atoms with E-state index in [1.807, 2.05) is 28.9 Å². The van der Waals surface area contributed by atoms with Crippen molar-refractivity contribution in [2.75, 3.05) is 5.32 Å². The number of rotatable bonds is 3. The first-order valence-corrected chi connectivity index (χ1v) is 9.45. The quantitative estimate of drug-likeness (QED) is 0.496. The Morgan fingerprint density at radius 3 is 2.36 bits per heavy atom. The molecule has 1 aliphatic rings. The second kappa shape index (κ2) is 6.98. The molecule has 2 heterocycles. The topological polar surface area (TPSA) is 42.7 Å². The molecule has 0 radical (unpaired) electrons. The van der Waals surface area contributed by atoms with Crippen LogP contribution in [0.5, 0.6) is 0 Å². The van der Waals surface area contributed by atoms with Gasteiger partial charge in [0.25, 0.3) is 0 Å². The zero-order valence-corrected chi connectivity index (χ0v) is 15.7. The van der Waals surface area contributed by atoms with Gasteiger partial charge in [-0.05, 0) is 40.5 Å². The van der Waals surface area contributed by atoms with Crippen LogP contribution < -0.4 is 5.32 Å². The van der Waals surface area contributed by atoms with E-state index in [1.165, 1.54) is 11.1 Å². The summed E-state index contributed by atoms with van der Waals surface area (Å²) in [6.45, 7) is 0. The van der Waals surface area contributed by atoms with Crippen LogP contribution in [-0.4, -0.2) is 14.8 Å². The van der Waals surface area contributed by atoms with Crippen molar-refractivity contribution < 1.29 is 0 Å². The van der Waals surface area contributed by atoms with E-state index < -0.39 is 0 Å². The fraction of sp³-hybridized carbons (Fsp3) is 0.0435. The SMILES string of the molecule is Clc1cccc(C2C=C(c3ccc(-c4ccccc4)cc3)Nc3ncnn32)c1. The lowest BCUT2D eigenvalue weighted by molar-refractivity contribution is 0.612. The summed E-state index contributed by atoms with van der Waals surface area (Å²) < 4.78 is 1.87. The van der Waals surface area contributed by atoms with Crippen LogP contribution in [-0.2, 0) is 0 Å². The molecule has 0 aliphatic carbocycles. The molecule has 5 heteroatoms. The monoisotopic (exact) mass is 384 g/mol. The van der Waals surface area contributed by atoms with Gasteiger partial charge in [0.15, 0.2) is 0 Å². The first-order chi connectivity index (χ1) is 13.8. The van der Waals surface area contributed by atoms with Crippen molar-refractivity contribution in [3.05, 3.63) is 107 Å². The largest absolute Gasteiger partial charge is 0.324 e. The van der Waals surface area contributed by atoms with Crippen molar-refractivity contribution in [2.24, 2.45) is 0 Å². The molecule has 1 unspecified atom stereocenters. The van der Waals surface area contributed by atoms with E-state index in [0.29, 0.717) is 5.02 Å². The summed E-state index contributed by atoms with van der Waals surface area (Å²) >= 11 is 6.21. The summed E-state index contributed by atoms with van der Waals surface area (Å²) in [5.74, 6) is 0.717. The molecule has 1 atom stereocenters. The van der Waals surface area contributed by atoms with E-state index in [4.69, 9.17) is 11.6 Å². The number of nitrogens with zero attached hydrogens (tertiary/aromatic N) is 3. The summed E-state index contributed by atoms with van der Waals surface area (Å²) in [5.41, 5.74) is 5.57. The Kier molecular flexibility index (Phi) is 4.18. The smallest absolute Gasteiger partial charge is 0.226 e. The van der Waals surface area contributed by atoms with E-state index in [2.05, 4.69) is 76.1 Å². The molecule has 1 aliphatic heterocycles. The molecule has 0 amide bonds. The zero-order valence-electron chi connectivity index (χ0n) is 15.0. The van der Waals surface area contributed by atoms with Gasteiger partial charge < -0.3 is 5.32 Å². The van der Waals surface area contributed by atoms with Crippen LogP contribution in [0, 0.1) is 0 Å². The molecule has 5 rings (SSSR count). The van der Waals surface area contributed by atoms with Crippen LogP contribution in [0.1, 0.15) is 17.2 Å². The lowest BCUT2D eigenvalue weighted by atomic mass is 9.99. The van der Waals surface area contributed by atoms with Crippen molar-refractivity contribution >= 4 is 23.2 Å². The van der Waals surface area contributed by atoms with Gasteiger partial charge >= 0.3 is 0 Å². The summed E-state index contributed by atoms with van der Waals surface area (Å²) in [6.07, 6.45) is 3.72. The van der Waals surface area contributed by atoms with E-state index in [1.54, 1.807) is 6.33 Å². The summed E-state index contributed by atoms with van der Waals surface area (Å²) in [5, 5.41) is 8.47. The number of anilines is 1. The van der Waals surface area contributed by atoms with Crippen molar-refractivity contribution in [3.8, 4) is 11.1 Å². The first kappa shape index (κ1) is 16.8. The highest BCUT2D eigenvalue weighted by Gasteiger charge is 2.23. The van der Waals surface area contributed by atoms with Crippen LogP contribution >= 0.6 is 11.6 Å². The summed E-state index contributed by atoms with van der Waals surface area (Å²) in [7, 11) is 0. The third-order valence-electron chi connectivity index (χ3n) is 4.90. The minimum atomic E-state index is -0.0683. The number of benzene rings is 3. The fourth-order valence-corrected chi connectivity index (χ4v) is 3.70. The maximum Gasteiger partial charge on any atom is 0.226 e. The van der Waals surface area contributed by atoms with Crippen molar-refractivity contribution in [1.82, 2.24) is 14.8 Å². The van der Waals surface area contributed by atoms with Gasteiger partial charge in [-0.3, -0.25) is 0 Å². The average molecular weight is 385 g/mol. The highest BCUT2D eigenvalue weighted by atomic mass is 35.5. The number of allylic oxidation sites excluding steroid dienone is 1. The number of halogens is 1. The van der Waals surface area contributed by atoms with Gasteiger partial charge in [-0.25, -0.2) is 4.68 Å². The molecule has 1 N–H and O–H groups in total. The van der Waals surface area contributed by atoms with Gasteiger partial charge in [-0.1, -0.05) is 78.3 Å². The van der Waals surface area contributed by atoms with E-state index in [-0.39, 0.29) is 6.04 Å². The lowest BCUT2D eigenvalue weighted by Crippen LogP contribution is -2.20. The van der Waals surface area contributed by atoms with Crippen LogP contribution in [0.15, 0.2) is 91.3 Å². The molecule has 0 saturated heterocycles. The second-order valence-electron chi connectivity index (χ2n) is 6.68. The van der Waals surface area contributed by atoms with Gasteiger partial charge in [0.05, 0.1) is 0 Å². The Morgan fingerprint density at radius 2 is 1.57 bits per heavy atom. The average Bonchev–Trinajstić information content (AvgIpc) is 3.22. The van der Waals surface area contributed by atoms with Crippen molar-refractivity contribution in [1.29, 1.82) is 0 Å². The zero-order chi connectivity index (χ0) is 18.9. The Hall–Kier alpha value is -3.37. The van der Waals surface area contributed by atoms with Gasteiger partial charge in [0.1, 0.15) is 12.4 Å². The number of hydrogen-bond donors (Lipinski definition) is 1. The molecule has 4 aromatic rings. The predicted molar refractivity (Wildman–Crippen MR) is 113 cm³/mol. The third kappa shape index (κ3) is 3.08. The van der Waals surface area contributed by atoms with Gasteiger partial charge in [0.2, 0.25) is 5.95 Å². The third-order valence-corrected chi connectivity index (χ3v) is 5.14. The molecule has 0 saturated carbocycles. The fourth-order valence-electron chi connectivity index (χ4n) is 3.50. The molecule has 0 fully saturated rings. The van der Waals surface area contributed by atoms with Gasteiger partial charge in [-0.2, -0.15) is 10.1 Å². The van der Waals surface area contributed by atoms with Crippen LogP contribution in [0.25, 0.3) is 16.8 Å². The number of fused-ring (bicyclic) bond motifs is 1. The molecule has 3 aromatic carbocycles. The van der Waals surface area contributed by atoms with Crippen LogP contribution in [0.2, 0.25) is 5.02 Å². The number of nitrogens with one attached hydrogen (secondary N) is 1. The summed E-state index contributed by atoms with van der Waals surface area (Å²) in [6, 6.07) is 26.7. The normalized spacial score (nSPS) is 15.5. The molecular weight excluding hydrogens is 368 g/mol. The maximum atomic E-state index is 6.21. The van der Waals surface area contributed by atoms with Crippen LogP contribution in [0.3, 0.4) is 0 Å². The van der Waals surface area contributed by atoms with E-state index in [0.717, 1.165) is 22.8 Å². The Balaban J connectivity index is 1.53. The Morgan fingerprint density at radius 1 is 0.821 bits per heavy atom. The lowest BCUT2D eigenvalue weighted by Gasteiger charge is -2.24. The molecule has 136 valence electrons. The molecule has 0 bridgehead atoms. The second-order valence-corrected chi connectivity index (χ2v) is 7.11. The standard InChI is InChI=1S/C23H17ClN4/c24-20-8-4-7-19(13-20)22-14-21(27-23-25-15-26-28(22)23)18-11-9-17(10-12-18)16-5-2-1-3-6-16/h1-15,22H,(H,25,26,27). The van der Waals surface area contributed by atoms with Crippen molar-refractivity contribution in [3.63, 3.8) is 0 Å². The molecule has 0 spiro atoms. The van der Waals surface area contributed by atoms with Crippen LogP contribution in [0.4, 0.5) is 5.95 Å². The van der Waals surface area contributed by atoms with E-state index in [9.17, 15) is 0 Å². The number of aromatic nitrogens is 3. The molecule has 28 heavy (non-hydrogen) atoms. The predicted octanol–water partition coefficient (Wildman–Crippen LogP) is 5.65. The highest BCUT2D eigenvalue weighted by molar-refractivity contribution is 6.30. The van der Waals surface area contributed by atoms with Gasteiger partial charge in [-0.15, -0.1) is 0 Å².